The maximum atomic E-state index is 11.6. The van der Waals surface area contributed by atoms with Gasteiger partial charge in [-0.2, -0.15) is 0 Å². The van der Waals surface area contributed by atoms with E-state index in [0.29, 0.717) is 16.6 Å². The van der Waals surface area contributed by atoms with E-state index in [-0.39, 0.29) is 30.0 Å². The minimum Gasteiger partial charge on any atom is -0.460 e. The van der Waals surface area contributed by atoms with Crippen LogP contribution in [0.1, 0.15) is 11.3 Å². The Hall–Kier alpha value is -1.99. The molecule has 23 heavy (non-hydrogen) atoms. The number of benzene rings is 1. The summed E-state index contributed by atoms with van der Waals surface area (Å²) in [7, 11) is 0. The molecule has 6 nitrogen and oxygen atoms in total. The van der Waals surface area contributed by atoms with E-state index >= 15 is 0 Å². The fraction of sp³-hybridized carbons (Fsp3) is 0.267. The fourth-order valence-electron chi connectivity index (χ4n) is 1.66. The third kappa shape index (κ3) is 6.33. The van der Waals surface area contributed by atoms with Gasteiger partial charge in [-0.15, -0.1) is 11.8 Å². The number of thioether (sulfide) groups is 1. The molecule has 1 aromatic heterocycles. The van der Waals surface area contributed by atoms with Gasteiger partial charge in [0.2, 0.25) is 5.91 Å². The van der Waals surface area contributed by atoms with Gasteiger partial charge in [0.1, 0.15) is 12.4 Å². The van der Waals surface area contributed by atoms with Gasteiger partial charge >= 0.3 is 5.97 Å². The lowest BCUT2D eigenvalue weighted by Gasteiger charge is -2.05. The number of hydrogen-bond donors (Lipinski definition) is 1. The fourth-order valence-corrected chi connectivity index (χ4v) is 2.49. The Morgan fingerprint density at radius 3 is 2.87 bits per heavy atom. The van der Waals surface area contributed by atoms with E-state index in [9.17, 15) is 9.59 Å². The second kappa shape index (κ2) is 8.59. The second-order valence-electron chi connectivity index (χ2n) is 4.65. The van der Waals surface area contributed by atoms with Crippen LogP contribution in [0.15, 0.2) is 34.9 Å². The lowest BCUT2D eigenvalue weighted by molar-refractivity contribution is -0.141. The van der Waals surface area contributed by atoms with Crippen LogP contribution in [0.4, 0.5) is 5.82 Å². The molecule has 2 rings (SSSR count). The van der Waals surface area contributed by atoms with Crippen molar-refractivity contribution in [1.29, 1.82) is 0 Å². The predicted molar refractivity (Wildman–Crippen MR) is 88.4 cm³/mol. The Labute approximate surface area is 142 Å². The van der Waals surface area contributed by atoms with Gasteiger partial charge in [0.15, 0.2) is 5.82 Å². The van der Waals surface area contributed by atoms with E-state index in [1.165, 1.54) is 0 Å². The van der Waals surface area contributed by atoms with Gasteiger partial charge in [0, 0.05) is 11.1 Å². The number of aryl methyl sites for hydroxylation is 1. The first kappa shape index (κ1) is 17.4. The normalized spacial score (nSPS) is 10.3. The van der Waals surface area contributed by atoms with Crippen molar-refractivity contribution in [3.63, 3.8) is 0 Å². The zero-order valence-corrected chi connectivity index (χ0v) is 13.9. The number of hydrogen-bond acceptors (Lipinski definition) is 6. The zero-order valence-electron chi connectivity index (χ0n) is 12.4. The molecule has 0 fully saturated rings. The Kier molecular flexibility index (Phi) is 6.49. The molecule has 0 aliphatic heterocycles. The molecular formula is C15H15ClN2O4S. The van der Waals surface area contributed by atoms with E-state index < -0.39 is 0 Å². The Bertz CT molecular complexity index is 690. The second-order valence-corrected chi connectivity index (χ2v) is 6.08. The molecule has 1 heterocycles. The van der Waals surface area contributed by atoms with Crippen LogP contribution in [0.2, 0.25) is 5.02 Å². The molecule has 0 bridgehead atoms. The molecule has 8 heteroatoms. The van der Waals surface area contributed by atoms with E-state index in [1.54, 1.807) is 31.2 Å². The van der Waals surface area contributed by atoms with Gasteiger partial charge in [-0.05, 0) is 24.6 Å². The van der Waals surface area contributed by atoms with Crippen molar-refractivity contribution in [2.45, 2.75) is 13.5 Å². The van der Waals surface area contributed by atoms with Gasteiger partial charge < -0.3 is 14.6 Å². The third-order valence-corrected chi connectivity index (χ3v) is 3.78. The van der Waals surface area contributed by atoms with Crippen LogP contribution in [0.5, 0.6) is 0 Å². The summed E-state index contributed by atoms with van der Waals surface area (Å²) in [6.45, 7) is 1.89. The summed E-state index contributed by atoms with van der Waals surface area (Å²) >= 11 is 7.01. The first-order valence-corrected chi connectivity index (χ1v) is 8.27. The van der Waals surface area contributed by atoms with E-state index in [0.717, 1.165) is 17.3 Å². The molecule has 0 radical (unpaired) electrons. The molecule has 0 aliphatic carbocycles. The maximum absolute atomic E-state index is 11.6. The smallest absolute Gasteiger partial charge is 0.316 e. The van der Waals surface area contributed by atoms with Crippen LogP contribution in [-0.2, 0) is 20.9 Å². The topological polar surface area (TPSA) is 81.4 Å². The van der Waals surface area contributed by atoms with Crippen LogP contribution >= 0.6 is 23.4 Å². The van der Waals surface area contributed by atoms with Crippen LogP contribution in [0, 0.1) is 6.92 Å². The summed E-state index contributed by atoms with van der Waals surface area (Å²) in [5, 5.41) is 6.81. The molecule has 0 unspecified atom stereocenters. The molecule has 0 saturated heterocycles. The third-order valence-electron chi connectivity index (χ3n) is 2.64. The average molecular weight is 355 g/mol. The molecule has 1 aromatic carbocycles. The van der Waals surface area contributed by atoms with Gasteiger partial charge in [-0.3, -0.25) is 9.59 Å². The molecule has 0 saturated carbocycles. The number of ether oxygens (including phenoxy) is 1. The highest BCUT2D eigenvalue weighted by Crippen LogP contribution is 2.12. The quantitative estimate of drug-likeness (QED) is 0.769. The van der Waals surface area contributed by atoms with Crippen LogP contribution in [-0.4, -0.2) is 28.5 Å². The summed E-state index contributed by atoms with van der Waals surface area (Å²) in [5.41, 5.74) is 0.815. The van der Waals surface area contributed by atoms with Crippen molar-refractivity contribution >= 4 is 41.1 Å². The zero-order chi connectivity index (χ0) is 16.7. The number of halogens is 1. The highest BCUT2D eigenvalue weighted by atomic mass is 35.5. The molecule has 1 N–H and O–H groups in total. The average Bonchev–Trinajstić information content (AvgIpc) is 2.90. The lowest BCUT2D eigenvalue weighted by atomic mass is 10.2. The van der Waals surface area contributed by atoms with Crippen molar-refractivity contribution in [3.05, 3.63) is 46.7 Å². The van der Waals surface area contributed by atoms with Crippen LogP contribution in [0.3, 0.4) is 0 Å². The molecule has 0 aliphatic rings. The highest BCUT2D eigenvalue weighted by Gasteiger charge is 2.09. The van der Waals surface area contributed by atoms with Gasteiger partial charge in [0.25, 0.3) is 0 Å². The van der Waals surface area contributed by atoms with Crippen molar-refractivity contribution in [3.8, 4) is 0 Å². The standard InChI is InChI=1S/C15H15ClN2O4S/c1-10-5-13(18-22-10)17-14(19)8-23-9-15(20)21-7-11-3-2-4-12(16)6-11/h2-6H,7-9H2,1H3,(H,17,18,19). The molecule has 1 amide bonds. The first-order chi connectivity index (χ1) is 11.0. The maximum Gasteiger partial charge on any atom is 0.316 e. The van der Waals surface area contributed by atoms with Crippen molar-refractivity contribution in [1.82, 2.24) is 5.16 Å². The summed E-state index contributed by atoms with van der Waals surface area (Å²) in [6.07, 6.45) is 0. The molecule has 122 valence electrons. The van der Waals surface area contributed by atoms with Gasteiger partial charge in [-0.25, -0.2) is 0 Å². The van der Waals surface area contributed by atoms with E-state index in [4.69, 9.17) is 20.9 Å². The largest absolute Gasteiger partial charge is 0.460 e. The predicted octanol–water partition coefficient (Wildman–Crippen LogP) is 3.05. The lowest BCUT2D eigenvalue weighted by Crippen LogP contribution is -2.16. The summed E-state index contributed by atoms with van der Waals surface area (Å²) in [4.78, 5) is 23.2. The molecular weight excluding hydrogens is 340 g/mol. The number of anilines is 1. The van der Waals surface area contributed by atoms with Gasteiger partial charge in [0.05, 0.1) is 11.5 Å². The summed E-state index contributed by atoms with van der Waals surface area (Å²) in [6, 6.07) is 8.70. The number of esters is 1. The van der Waals surface area contributed by atoms with Crippen molar-refractivity contribution in [2.75, 3.05) is 16.8 Å². The number of nitrogens with one attached hydrogen (secondary N) is 1. The minimum atomic E-state index is -0.389. The molecule has 0 spiro atoms. The first-order valence-electron chi connectivity index (χ1n) is 6.74. The van der Waals surface area contributed by atoms with Crippen LogP contribution in [0.25, 0.3) is 0 Å². The van der Waals surface area contributed by atoms with Gasteiger partial charge in [-0.1, -0.05) is 28.9 Å². The Morgan fingerprint density at radius 1 is 1.35 bits per heavy atom. The molecule has 2 aromatic rings. The number of carbonyl (C=O) groups is 2. The number of amides is 1. The number of carbonyl (C=O) groups excluding carboxylic acids is 2. The highest BCUT2D eigenvalue weighted by molar-refractivity contribution is 8.00. The van der Waals surface area contributed by atoms with Crippen molar-refractivity contribution in [2.24, 2.45) is 0 Å². The number of aromatic nitrogens is 1. The number of rotatable bonds is 7. The minimum absolute atomic E-state index is 0.0891. The Balaban J connectivity index is 1.63. The Morgan fingerprint density at radius 2 is 2.17 bits per heavy atom. The van der Waals surface area contributed by atoms with E-state index in [2.05, 4.69) is 10.5 Å². The monoisotopic (exact) mass is 354 g/mol. The summed E-state index contributed by atoms with van der Waals surface area (Å²) in [5.74, 6) is 0.532. The van der Waals surface area contributed by atoms with Crippen LogP contribution < -0.4 is 5.32 Å². The van der Waals surface area contributed by atoms with E-state index in [1.807, 2.05) is 6.07 Å². The SMILES string of the molecule is Cc1cc(NC(=O)CSCC(=O)OCc2cccc(Cl)c2)no1. The van der Waals surface area contributed by atoms with Crippen molar-refractivity contribution < 1.29 is 18.8 Å². The molecule has 0 atom stereocenters. The number of nitrogens with zero attached hydrogens (tertiary/aromatic N) is 1. The summed E-state index contributed by atoms with van der Waals surface area (Å²) < 4.78 is 9.94.